The smallest absolute Gasteiger partial charge is 0.409 e. The van der Waals surface area contributed by atoms with Crippen molar-refractivity contribution in [2.45, 2.75) is 57.7 Å². The van der Waals surface area contributed by atoms with Crippen LogP contribution in [0.4, 0.5) is 4.79 Å². The predicted molar refractivity (Wildman–Crippen MR) is 125 cm³/mol. The number of halogens is 1. The highest BCUT2D eigenvalue weighted by Crippen LogP contribution is 2.27. The summed E-state index contributed by atoms with van der Waals surface area (Å²) >= 11 is 0. The monoisotopic (exact) mass is 516 g/mol. The number of rotatable bonds is 6. The Morgan fingerprint density at radius 2 is 1.93 bits per heavy atom. The molecule has 1 heterocycles. The molecule has 1 aliphatic heterocycles. The zero-order valence-corrected chi connectivity index (χ0v) is 19.7. The van der Waals surface area contributed by atoms with Crippen molar-refractivity contribution < 1.29 is 14.3 Å². The van der Waals surface area contributed by atoms with Crippen LogP contribution in [0, 0.1) is 0 Å². The standard InChI is InChI=1S/C21H32N4O3.HI/c1-3-22-20(24-17-11-13-25(14-12-17)21(26)27-2)23-15-16-7-4-5-10-19(16)28-18-8-6-9-18;/h4-5,7,10,17-18H,3,6,8-9,11-15H2,1-2H3,(H2,22,23,24);1H. The van der Waals surface area contributed by atoms with E-state index in [4.69, 9.17) is 14.5 Å². The molecule has 8 heteroatoms. The molecule has 2 aliphatic rings. The van der Waals surface area contributed by atoms with E-state index in [1.807, 2.05) is 18.2 Å². The maximum atomic E-state index is 11.6. The molecule has 0 spiro atoms. The van der Waals surface area contributed by atoms with Gasteiger partial charge in [0, 0.05) is 31.2 Å². The van der Waals surface area contributed by atoms with E-state index in [0.29, 0.717) is 31.8 Å². The molecule has 3 rings (SSSR count). The van der Waals surface area contributed by atoms with Crippen molar-refractivity contribution in [2.24, 2.45) is 4.99 Å². The normalized spacial score (nSPS) is 17.7. The van der Waals surface area contributed by atoms with Crippen molar-refractivity contribution in [1.29, 1.82) is 0 Å². The highest BCUT2D eigenvalue weighted by molar-refractivity contribution is 14.0. The third kappa shape index (κ3) is 6.94. The first-order valence-electron chi connectivity index (χ1n) is 10.3. The zero-order chi connectivity index (χ0) is 19.8. The molecule has 1 aromatic carbocycles. The molecule has 29 heavy (non-hydrogen) atoms. The van der Waals surface area contributed by atoms with E-state index >= 15 is 0 Å². The molecule has 1 amide bonds. The topological polar surface area (TPSA) is 75.2 Å². The van der Waals surface area contributed by atoms with Crippen molar-refractivity contribution >= 4 is 36.0 Å². The Balaban J connectivity index is 0.00000300. The van der Waals surface area contributed by atoms with Crippen LogP contribution in [0.1, 0.15) is 44.6 Å². The Morgan fingerprint density at radius 1 is 1.21 bits per heavy atom. The lowest BCUT2D eigenvalue weighted by molar-refractivity contribution is 0.111. The van der Waals surface area contributed by atoms with Crippen LogP contribution in [0.15, 0.2) is 29.3 Å². The van der Waals surface area contributed by atoms with Gasteiger partial charge in [-0.15, -0.1) is 24.0 Å². The number of para-hydroxylation sites is 1. The number of guanidine groups is 1. The first-order chi connectivity index (χ1) is 13.7. The molecule has 0 aromatic heterocycles. The number of ether oxygens (including phenoxy) is 2. The molecular formula is C21H33IN4O3. The maximum Gasteiger partial charge on any atom is 0.409 e. The minimum Gasteiger partial charge on any atom is -0.490 e. The molecule has 1 saturated carbocycles. The van der Waals surface area contributed by atoms with E-state index in [1.54, 1.807) is 4.90 Å². The van der Waals surface area contributed by atoms with Crippen molar-refractivity contribution in [3.63, 3.8) is 0 Å². The van der Waals surface area contributed by atoms with Crippen LogP contribution in [-0.4, -0.2) is 55.8 Å². The number of benzene rings is 1. The van der Waals surface area contributed by atoms with E-state index < -0.39 is 0 Å². The van der Waals surface area contributed by atoms with Gasteiger partial charge in [-0.3, -0.25) is 0 Å². The Morgan fingerprint density at radius 3 is 2.55 bits per heavy atom. The summed E-state index contributed by atoms with van der Waals surface area (Å²) in [4.78, 5) is 18.1. The SMILES string of the molecule is CCNC(=NCc1ccccc1OC1CCC1)NC1CCN(C(=O)OC)CC1.I. The molecule has 1 aromatic rings. The number of hydrogen-bond acceptors (Lipinski definition) is 4. The van der Waals surface area contributed by atoms with Crippen LogP contribution >= 0.6 is 24.0 Å². The second kappa shape index (κ2) is 12.1. The molecule has 1 aliphatic carbocycles. The van der Waals surface area contributed by atoms with Crippen LogP contribution in [0.2, 0.25) is 0 Å². The minimum atomic E-state index is -0.248. The molecule has 0 unspecified atom stereocenters. The van der Waals surface area contributed by atoms with Gasteiger partial charge in [0.15, 0.2) is 5.96 Å². The molecule has 2 fully saturated rings. The van der Waals surface area contributed by atoms with E-state index in [2.05, 4.69) is 23.6 Å². The molecule has 0 bridgehead atoms. The number of carbonyl (C=O) groups is 1. The van der Waals surface area contributed by atoms with Crippen LogP contribution < -0.4 is 15.4 Å². The fourth-order valence-corrected chi connectivity index (χ4v) is 3.43. The van der Waals surface area contributed by atoms with Gasteiger partial charge in [-0.05, 0) is 45.1 Å². The number of piperidine rings is 1. The number of carbonyl (C=O) groups excluding carboxylic acids is 1. The van der Waals surface area contributed by atoms with Crippen LogP contribution in [-0.2, 0) is 11.3 Å². The van der Waals surface area contributed by atoms with E-state index in [-0.39, 0.29) is 30.1 Å². The summed E-state index contributed by atoms with van der Waals surface area (Å²) in [5, 5.41) is 6.83. The number of nitrogens with one attached hydrogen (secondary N) is 2. The van der Waals surface area contributed by atoms with Gasteiger partial charge in [-0.1, -0.05) is 18.2 Å². The molecular weight excluding hydrogens is 483 g/mol. The Bertz CT molecular complexity index is 674. The van der Waals surface area contributed by atoms with Crippen molar-refractivity contribution in [3.05, 3.63) is 29.8 Å². The van der Waals surface area contributed by atoms with Gasteiger partial charge in [0.1, 0.15) is 5.75 Å². The van der Waals surface area contributed by atoms with Crippen LogP contribution in [0.3, 0.4) is 0 Å². The number of aliphatic imine (C=N–C) groups is 1. The number of amides is 1. The fraction of sp³-hybridized carbons (Fsp3) is 0.619. The average Bonchev–Trinajstić information content (AvgIpc) is 2.69. The third-order valence-electron chi connectivity index (χ3n) is 5.34. The van der Waals surface area contributed by atoms with Gasteiger partial charge < -0.3 is 25.0 Å². The molecule has 1 saturated heterocycles. The van der Waals surface area contributed by atoms with E-state index in [0.717, 1.165) is 49.5 Å². The van der Waals surface area contributed by atoms with E-state index in [9.17, 15) is 4.79 Å². The number of hydrogen-bond donors (Lipinski definition) is 2. The van der Waals surface area contributed by atoms with Gasteiger partial charge >= 0.3 is 6.09 Å². The van der Waals surface area contributed by atoms with Crippen molar-refractivity contribution in [2.75, 3.05) is 26.7 Å². The predicted octanol–water partition coefficient (Wildman–Crippen LogP) is 3.52. The Hall–Kier alpha value is -1.71. The van der Waals surface area contributed by atoms with Crippen LogP contribution in [0.25, 0.3) is 0 Å². The minimum absolute atomic E-state index is 0. The van der Waals surface area contributed by atoms with Gasteiger partial charge in [0.2, 0.25) is 0 Å². The molecule has 0 radical (unpaired) electrons. The largest absolute Gasteiger partial charge is 0.490 e. The molecule has 0 atom stereocenters. The molecule has 162 valence electrons. The summed E-state index contributed by atoms with van der Waals surface area (Å²) in [6.07, 6.45) is 5.41. The lowest BCUT2D eigenvalue weighted by Crippen LogP contribution is -2.49. The summed E-state index contributed by atoms with van der Waals surface area (Å²) in [5.41, 5.74) is 1.10. The van der Waals surface area contributed by atoms with E-state index in [1.165, 1.54) is 13.5 Å². The van der Waals surface area contributed by atoms with Crippen LogP contribution in [0.5, 0.6) is 5.75 Å². The van der Waals surface area contributed by atoms with Gasteiger partial charge in [0.25, 0.3) is 0 Å². The van der Waals surface area contributed by atoms with Gasteiger partial charge in [0.05, 0.1) is 19.8 Å². The number of nitrogens with zero attached hydrogens (tertiary/aromatic N) is 2. The lowest BCUT2D eigenvalue weighted by atomic mass is 9.96. The quantitative estimate of drug-likeness (QED) is 0.344. The third-order valence-corrected chi connectivity index (χ3v) is 5.34. The number of methoxy groups -OCH3 is 1. The van der Waals surface area contributed by atoms with Gasteiger partial charge in [-0.2, -0.15) is 0 Å². The molecule has 2 N–H and O–H groups in total. The summed E-state index contributed by atoms with van der Waals surface area (Å²) in [6, 6.07) is 8.45. The van der Waals surface area contributed by atoms with Crippen molar-refractivity contribution in [1.82, 2.24) is 15.5 Å². The van der Waals surface area contributed by atoms with Gasteiger partial charge in [-0.25, -0.2) is 9.79 Å². The second-order valence-corrected chi connectivity index (χ2v) is 7.35. The highest BCUT2D eigenvalue weighted by Gasteiger charge is 2.24. The maximum absolute atomic E-state index is 11.6. The zero-order valence-electron chi connectivity index (χ0n) is 17.4. The Labute approximate surface area is 190 Å². The second-order valence-electron chi connectivity index (χ2n) is 7.35. The average molecular weight is 516 g/mol. The first kappa shape index (κ1) is 23.6. The first-order valence-corrected chi connectivity index (χ1v) is 10.3. The summed E-state index contributed by atoms with van der Waals surface area (Å²) in [6.45, 7) is 4.82. The molecule has 7 nitrogen and oxygen atoms in total. The lowest BCUT2D eigenvalue weighted by Gasteiger charge is -2.32. The number of likely N-dealkylation sites (tertiary alicyclic amines) is 1. The Kier molecular flexibility index (Phi) is 9.83. The summed E-state index contributed by atoms with van der Waals surface area (Å²) < 4.78 is 10.9. The summed E-state index contributed by atoms with van der Waals surface area (Å²) in [5.74, 6) is 1.75. The van der Waals surface area contributed by atoms with Crippen molar-refractivity contribution in [3.8, 4) is 5.75 Å². The fourth-order valence-electron chi connectivity index (χ4n) is 3.43. The summed E-state index contributed by atoms with van der Waals surface area (Å²) in [7, 11) is 1.43. The highest BCUT2D eigenvalue weighted by atomic mass is 127.